The van der Waals surface area contributed by atoms with Crippen molar-refractivity contribution < 1.29 is 0 Å². The Morgan fingerprint density at radius 1 is 1.26 bits per heavy atom. The maximum Gasteiger partial charge on any atom is 0.257 e. The van der Waals surface area contributed by atoms with Crippen molar-refractivity contribution in [1.82, 2.24) is 4.57 Å². The van der Waals surface area contributed by atoms with Gasteiger partial charge in [-0.15, -0.1) is 0 Å². The van der Waals surface area contributed by atoms with Crippen LogP contribution in [0.25, 0.3) is 5.69 Å². The van der Waals surface area contributed by atoms with Gasteiger partial charge in [-0.2, -0.15) is 0 Å². The summed E-state index contributed by atoms with van der Waals surface area (Å²) >= 11 is 0. The van der Waals surface area contributed by atoms with Crippen LogP contribution in [0.3, 0.4) is 0 Å². The number of aryl methyl sites for hydroxylation is 1. The van der Waals surface area contributed by atoms with E-state index >= 15 is 0 Å². The van der Waals surface area contributed by atoms with Crippen molar-refractivity contribution in [2.75, 3.05) is 5.73 Å². The van der Waals surface area contributed by atoms with Gasteiger partial charge >= 0.3 is 0 Å². The number of nitrogens with zero attached hydrogens (tertiary/aromatic N) is 1. The molecule has 0 unspecified atom stereocenters. The molecule has 2 N–H and O–H groups in total. The zero-order chi connectivity index (χ0) is 13.4. The molecule has 98 valence electrons. The molecule has 1 aliphatic carbocycles. The van der Waals surface area contributed by atoms with Gasteiger partial charge in [0, 0.05) is 17.4 Å². The molecule has 0 amide bonds. The first-order chi connectivity index (χ1) is 9.22. The van der Waals surface area contributed by atoms with Crippen LogP contribution in [-0.4, -0.2) is 4.57 Å². The lowest BCUT2D eigenvalue weighted by Crippen LogP contribution is -2.23. The Labute approximate surface area is 112 Å². The first-order valence-corrected chi connectivity index (χ1v) is 6.84. The minimum atomic E-state index is -0.0148. The Hall–Kier alpha value is -2.03. The molecule has 0 fully saturated rings. The Morgan fingerprint density at radius 3 is 2.84 bits per heavy atom. The molecule has 0 saturated heterocycles. The normalized spacial score (nSPS) is 13.5. The maximum absolute atomic E-state index is 12.4. The lowest BCUT2D eigenvalue weighted by Gasteiger charge is -2.16. The van der Waals surface area contributed by atoms with Gasteiger partial charge in [0.1, 0.15) is 0 Å². The van der Waals surface area contributed by atoms with Crippen molar-refractivity contribution in [3.63, 3.8) is 0 Å². The molecule has 1 aliphatic rings. The van der Waals surface area contributed by atoms with Gasteiger partial charge in [0.15, 0.2) is 0 Å². The van der Waals surface area contributed by atoms with E-state index in [9.17, 15) is 4.79 Å². The highest BCUT2D eigenvalue weighted by molar-refractivity contribution is 5.54. The number of nitrogen functional groups attached to an aromatic ring is 1. The molecule has 0 radical (unpaired) electrons. The Balaban J connectivity index is 2.32. The van der Waals surface area contributed by atoms with Crippen molar-refractivity contribution in [3.8, 4) is 5.69 Å². The highest BCUT2D eigenvalue weighted by Gasteiger charge is 2.20. The number of aromatic nitrogens is 1. The van der Waals surface area contributed by atoms with Crippen LogP contribution < -0.4 is 11.3 Å². The second-order valence-corrected chi connectivity index (χ2v) is 5.03. The molecule has 2 aromatic rings. The number of rotatable bonds is 2. The fraction of sp³-hybridized carbons (Fsp3) is 0.312. The number of hydrogen-bond acceptors (Lipinski definition) is 2. The number of anilines is 1. The van der Waals surface area contributed by atoms with E-state index in [0.717, 1.165) is 42.6 Å². The van der Waals surface area contributed by atoms with Gasteiger partial charge in [0.25, 0.3) is 5.56 Å². The standard InChI is InChI=1S/C16H18N2O/c1-2-11-6-3-4-8-14(11)18-15-9-5-7-12(15)13(17)10-16(18)19/h3-4,6,8,10H,2,5,7,9,17H2,1H3. The maximum atomic E-state index is 12.4. The van der Waals surface area contributed by atoms with E-state index in [1.54, 1.807) is 6.07 Å². The van der Waals surface area contributed by atoms with E-state index in [2.05, 4.69) is 13.0 Å². The summed E-state index contributed by atoms with van der Waals surface area (Å²) in [6.45, 7) is 2.11. The molecule has 3 rings (SSSR count). The van der Waals surface area contributed by atoms with Crippen molar-refractivity contribution in [2.45, 2.75) is 32.6 Å². The number of fused-ring (bicyclic) bond motifs is 1. The smallest absolute Gasteiger partial charge is 0.257 e. The molecule has 0 atom stereocenters. The average molecular weight is 254 g/mol. The lowest BCUT2D eigenvalue weighted by atomic mass is 10.1. The number of hydrogen-bond donors (Lipinski definition) is 1. The van der Waals surface area contributed by atoms with Crippen LogP contribution >= 0.6 is 0 Å². The first kappa shape index (κ1) is 12.0. The summed E-state index contributed by atoms with van der Waals surface area (Å²) in [5.74, 6) is 0. The average Bonchev–Trinajstić information content (AvgIpc) is 2.89. The fourth-order valence-corrected chi connectivity index (χ4v) is 3.00. The molecule has 19 heavy (non-hydrogen) atoms. The predicted molar refractivity (Wildman–Crippen MR) is 77.9 cm³/mol. The van der Waals surface area contributed by atoms with E-state index in [0.29, 0.717) is 5.69 Å². The second kappa shape index (κ2) is 4.57. The Morgan fingerprint density at radius 2 is 2.05 bits per heavy atom. The Bertz CT molecular complexity index is 686. The summed E-state index contributed by atoms with van der Waals surface area (Å²) in [4.78, 5) is 12.4. The van der Waals surface area contributed by atoms with Gasteiger partial charge in [-0.3, -0.25) is 9.36 Å². The van der Waals surface area contributed by atoms with Crippen LogP contribution in [0.1, 0.15) is 30.2 Å². The molecular formula is C16H18N2O. The lowest BCUT2D eigenvalue weighted by molar-refractivity contribution is 0.844. The van der Waals surface area contributed by atoms with Gasteiger partial charge in [-0.25, -0.2) is 0 Å². The van der Waals surface area contributed by atoms with Crippen molar-refractivity contribution in [3.05, 3.63) is 57.5 Å². The summed E-state index contributed by atoms with van der Waals surface area (Å²) < 4.78 is 1.86. The van der Waals surface area contributed by atoms with Gasteiger partial charge < -0.3 is 5.73 Å². The molecule has 3 heteroatoms. The highest BCUT2D eigenvalue weighted by atomic mass is 16.1. The summed E-state index contributed by atoms with van der Waals surface area (Å²) in [5, 5.41) is 0. The van der Waals surface area contributed by atoms with Crippen molar-refractivity contribution in [1.29, 1.82) is 0 Å². The topological polar surface area (TPSA) is 48.0 Å². The SMILES string of the molecule is CCc1ccccc1-n1c2c(c(N)cc1=O)CCC2. The van der Waals surface area contributed by atoms with Crippen LogP contribution in [0.5, 0.6) is 0 Å². The van der Waals surface area contributed by atoms with Crippen LogP contribution in [0.4, 0.5) is 5.69 Å². The zero-order valence-electron chi connectivity index (χ0n) is 11.1. The first-order valence-electron chi connectivity index (χ1n) is 6.84. The third-order valence-electron chi connectivity index (χ3n) is 3.92. The number of pyridine rings is 1. The number of benzene rings is 1. The van der Waals surface area contributed by atoms with Gasteiger partial charge in [-0.1, -0.05) is 25.1 Å². The van der Waals surface area contributed by atoms with E-state index < -0.39 is 0 Å². The predicted octanol–water partition coefficient (Wildman–Crippen LogP) is 2.47. The molecule has 3 nitrogen and oxygen atoms in total. The molecule has 0 aliphatic heterocycles. The fourth-order valence-electron chi connectivity index (χ4n) is 3.00. The summed E-state index contributed by atoms with van der Waals surface area (Å²) in [7, 11) is 0. The summed E-state index contributed by atoms with van der Waals surface area (Å²) in [5.41, 5.74) is 11.1. The third kappa shape index (κ3) is 1.86. The second-order valence-electron chi connectivity index (χ2n) is 5.03. The van der Waals surface area contributed by atoms with E-state index in [1.165, 1.54) is 5.56 Å². The minimum Gasteiger partial charge on any atom is -0.398 e. The van der Waals surface area contributed by atoms with Crippen molar-refractivity contribution in [2.24, 2.45) is 0 Å². The van der Waals surface area contributed by atoms with Gasteiger partial charge in [-0.05, 0) is 42.9 Å². The van der Waals surface area contributed by atoms with E-state index in [4.69, 9.17) is 5.73 Å². The molecule has 1 heterocycles. The van der Waals surface area contributed by atoms with E-state index in [-0.39, 0.29) is 5.56 Å². The number of nitrogens with two attached hydrogens (primary N) is 1. The number of para-hydroxylation sites is 1. The molecule has 0 spiro atoms. The third-order valence-corrected chi connectivity index (χ3v) is 3.92. The molecule has 1 aromatic heterocycles. The van der Waals surface area contributed by atoms with E-state index in [1.807, 2.05) is 22.8 Å². The summed E-state index contributed by atoms with van der Waals surface area (Å²) in [6.07, 6.45) is 3.92. The summed E-state index contributed by atoms with van der Waals surface area (Å²) in [6, 6.07) is 9.68. The molecular weight excluding hydrogens is 236 g/mol. The van der Waals surface area contributed by atoms with Gasteiger partial charge in [0.05, 0.1) is 5.69 Å². The van der Waals surface area contributed by atoms with Crippen LogP contribution in [0.15, 0.2) is 35.1 Å². The highest BCUT2D eigenvalue weighted by Crippen LogP contribution is 2.28. The van der Waals surface area contributed by atoms with Crippen LogP contribution in [0, 0.1) is 0 Å². The van der Waals surface area contributed by atoms with Gasteiger partial charge in [0.2, 0.25) is 0 Å². The largest absolute Gasteiger partial charge is 0.398 e. The minimum absolute atomic E-state index is 0.0148. The monoisotopic (exact) mass is 254 g/mol. The molecule has 1 aromatic carbocycles. The van der Waals surface area contributed by atoms with Crippen LogP contribution in [-0.2, 0) is 19.3 Å². The zero-order valence-corrected chi connectivity index (χ0v) is 11.1. The molecule has 0 bridgehead atoms. The van der Waals surface area contributed by atoms with Crippen molar-refractivity contribution >= 4 is 5.69 Å². The Kier molecular flexibility index (Phi) is 2.90. The van der Waals surface area contributed by atoms with Crippen LogP contribution in [0.2, 0.25) is 0 Å². The molecule has 0 saturated carbocycles. The quantitative estimate of drug-likeness (QED) is 0.895.